The molecule has 0 fully saturated rings. The molecule has 126 valence electrons. The predicted molar refractivity (Wildman–Crippen MR) is 85.5 cm³/mol. The summed E-state index contributed by atoms with van der Waals surface area (Å²) in [6.07, 6.45) is 0.0907. The van der Waals surface area contributed by atoms with Crippen LogP contribution in [0, 0.1) is 11.6 Å². The van der Waals surface area contributed by atoms with Gasteiger partial charge in [-0.15, -0.1) is 0 Å². The third-order valence-electron chi connectivity index (χ3n) is 3.85. The Kier molecular flexibility index (Phi) is 4.64. The van der Waals surface area contributed by atoms with Crippen LogP contribution in [-0.2, 0) is 4.79 Å². The summed E-state index contributed by atoms with van der Waals surface area (Å²) in [6.45, 7) is 2.86. The molecule has 0 aromatic heterocycles. The maximum absolute atomic E-state index is 13.6. The smallest absolute Gasteiger partial charge is 0.225 e. The second-order valence-corrected chi connectivity index (χ2v) is 5.65. The van der Waals surface area contributed by atoms with Crippen molar-refractivity contribution in [2.24, 2.45) is 0 Å². The first-order chi connectivity index (χ1) is 11.5. The van der Waals surface area contributed by atoms with E-state index in [0.29, 0.717) is 24.7 Å². The number of hydrogen-bond acceptors (Lipinski definition) is 3. The maximum Gasteiger partial charge on any atom is 0.225 e. The van der Waals surface area contributed by atoms with Crippen LogP contribution in [0.3, 0.4) is 0 Å². The Morgan fingerprint density at radius 2 is 1.79 bits per heavy atom. The molecular weight excluding hydrogens is 316 g/mol. The van der Waals surface area contributed by atoms with Crippen LogP contribution < -0.4 is 14.8 Å². The summed E-state index contributed by atoms with van der Waals surface area (Å²) in [5, 5.41) is 2.30. The number of benzene rings is 2. The van der Waals surface area contributed by atoms with Crippen molar-refractivity contribution in [3.05, 3.63) is 53.6 Å². The van der Waals surface area contributed by atoms with E-state index in [2.05, 4.69) is 5.32 Å². The Morgan fingerprint density at radius 1 is 1.12 bits per heavy atom. The first kappa shape index (κ1) is 16.2. The molecule has 3 rings (SSSR count). The van der Waals surface area contributed by atoms with Gasteiger partial charge >= 0.3 is 0 Å². The van der Waals surface area contributed by atoms with Gasteiger partial charge in [-0.25, -0.2) is 8.78 Å². The standard InChI is InChI=1S/C18H17F2NO3/c1-11(12-5-6-15-16(10-12)24-8-7-23-15)9-17(22)21-18-13(19)3-2-4-14(18)20/h2-6,10-11H,7-9H2,1H3,(H,21,22). The molecule has 24 heavy (non-hydrogen) atoms. The maximum atomic E-state index is 13.6. The van der Waals surface area contributed by atoms with E-state index in [1.54, 1.807) is 6.07 Å². The predicted octanol–water partition coefficient (Wildman–Crippen LogP) is 3.87. The second kappa shape index (κ2) is 6.86. The van der Waals surface area contributed by atoms with E-state index in [9.17, 15) is 13.6 Å². The molecule has 2 aromatic carbocycles. The van der Waals surface area contributed by atoms with Gasteiger partial charge in [0.25, 0.3) is 0 Å². The van der Waals surface area contributed by atoms with Gasteiger partial charge in [0, 0.05) is 6.42 Å². The summed E-state index contributed by atoms with van der Waals surface area (Å²) in [5.74, 6) is -0.871. The number of para-hydroxylation sites is 1. The number of carbonyl (C=O) groups is 1. The third kappa shape index (κ3) is 3.48. The minimum absolute atomic E-state index is 0.0907. The fraction of sp³-hybridized carbons (Fsp3) is 0.278. The molecule has 4 nitrogen and oxygen atoms in total. The summed E-state index contributed by atoms with van der Waals surface area (Å²) in [5.41, 5.74) is 0.472. The van der Waals surface area contributed by atoms with E-state index in [4.69, 9.17) is 9.47 Å². The number of anilines is 1. The summed E-state index contributed by atoms with van der Waals surface area (Å²) >= 11 is 0. The zero-order chi connectivity index (χ0) is 17.1. The lowest BCUT2D eigenvalue weighted by Crippen LogP contribution is -2.17. The van der Waals surface area contributed by atoms with E-state index in [-0.39, 0.29) is 12.3 Å². The second-order valence-electron chi connectivity index (χ2n) is 5.65. The first-order valence-corrected chi connectivity index (χ1v) is 7.68. The topological polar surface area (TPSA) is 47.6 Å². The van der Waals surface area contributed by atoms with Gasteiger partial charge in [-0.05, 0) is 35.7 Å². The average Bonchev–Trinajstić information content (AvgIpc) is 2.58. The average molecular weight is 333 g/mol. The quantitative estimate of drug-likeness (QED) is 0.924. The van der Waals surface area contributed by atoms with Crippen molar-refractivity contribution in [3.63, 3.8) is 0 Å². The number of ether oxygens (including phenoxy) is 2. The van der Waals surface area contributed by atoms with E-state index in [0.717, 1.165) is 17.7 Å². The highest BCUT2D eigenvalue weighted by Gasteiger charge is 2.18. The van der Waals surface area contributed by atoms with E-state index >= 15 is 0 Å². The monoisotopic (exact) mass is 333 g/mol. The first-order valence-electron chi connectivity index (χ1n) is 7.68. The van der Waals surface area contributed by atoms with Gasteiger partial charge in [-0.1, -0.05) is 19.1 Å². The SMILES string of the molecule is CC(CC(=O)Nc1c(F)cccc1F)c1ccc2c(c1)OCCO2. The van der Waals surface area contributed by atoms with Gasteiger partial charge in [-0.2, -0.15) is 0 Å². The molecule has 6 heteroatoms. The van der Waals surface area contributed by atoms with Crippen LogP contribution in [0.15, 0.2) is 36.4 Å². The molecule has 1 N–H and O–H groups in total. The van der Waals surface area contributed by atoms with Crippen molar-refractivity contribution in [1.29, 1.82) is 0 Å². The van der Waals surface area contributed by atoms with Gasteiger partial charge in [-0.3, -0.25) is 4.79 Å². The molecule has 2 aromatic rings. The number of nitrogens with one attached hydrogen (secondary N) is 1. The van der Waals surface area contributed by atoms with Crippen LogP contribution in [-0.4, -0.2) is 19.1 Å². The highest BCUT2D eigenvalue weighted by Crippen LogP contribution is 2.34. The number of amides is 1. The number of halogens is 2. The Labute approximate surface area is 138 Å². The fourth-order valence-electron chi connectivity index (χ4n) is 2.57. The molecule has 0 spiro atoms. The van der Waals surface area contributed by atoms with Crippen LogP contribution in [0.2, 0.25) is 0 Å². The van der Waals surface area contributed by atoms with Crippen molar-refractivity contribution >= 4 is 11.6 Å². The van der Waals surface area contributed by atoms with Crippen molar-refractivity contribution in [2.75, 3.05) is 18.5 Å². The van der Waals surface area contributed by atoms with Crippen LogP contribution in [0.25, 0.3) is 0 Å². The number of carbonyl (C=O) groups excluding carboxylic acids is 1. The Morgan fingerprint density at radius 3 is 2.50 bits per heavy atom. The molecule has 1 heterocycles. The van der Waals surface area contributed by atoms with E-state index in [1.165, 1.54) is 6.07 Å². The summed E-state index contributed by atoms with van der Waals surface area (Å²) in [6, 6.07) is 8.93. The molecule has 0 bridgehead atoms. The van der Waals surface area contributed by atoms with Gasteiger partial charge < -0.3 is 14.8 Å². The van der Waals surface area contributed by atoms with Crippen molar-refractivity contribution < 1.29 is 23.0 Å². The van der Waals surface area contributed by atoms with Crippen LogP contribution in [0.4, 0.5) is 14.5 Å². The molecule has 1 aliphatic rings. The summed E-state index contributed by atoms with van der Waals surface area (Å²) in [7, 11) is 0. The Balaban J connectivity index is 1.68. The Hall–Kier alpha value is -2.63. The Bertz CT molecular complexity index is 744. The van der Waals surface area contributed by atoms with Gasteiger partial charge in [0.15, 0.2) is 11.5 Å². The minimum atomic E-state index is -0.796. The van der Waals surface area contributed by atoms with E-state index < -0.39 is 23.2 Å². The highest BCUT2D eigenvalue weighted by atomic mass is 19.1. The number of fused-ring (bicyclic) bond motifs is 1. The van der Waals surface area contributed by atoms with Crippen LogP contribution in [0.1, 0.15) is 24.8 Å². The lowest BCUT2D eigenvalue weighted by molar-refractivity contribution is -0.116. The molecule has 0 saturated carbocycles. The lowest BCUT2D eigenvalue weighted by Gasteiger charge is -2.20. The molecule has 0 aliphatic carbocycles. The zero-order valence-electron chi connectivity index (χ0n) is 13.1. The van der Waals surface area contributed by atoms with Crippen LogP contribution in [0.5, 0.6) is 11.5 Å². The zero-order valence-corrected chi connectivity index (χ0v) is 13.1. The fourth-order valence-corrected chi connectivity index (χ4v) is 2.57. The number of hydrogen-bond donors (Lipinski definition) is 1. The van der Waals surface area contributed by atoms with Crippen molar-refractivity contribution in [2.45, 2.75) is 19.3 Å². The van der Waals surface area contributed by atoms with Gasteiger partial charge in [0.1, 0.15) is 30.5 Å². The van der Waals surface area contributed by atoms with E-state index in [1.807, 2.05) is 19.1 Å². The van der Waals surface area contributed by atoms with Crippen molar-refractivity contribution in [1.82, 2.24) is 0 Å². The molecule has 0 saturated heterocycles. The largest absolute Gasteiger partial charge is 0.486 e. The molecule has 1 atom stereocenters. The number of rotatable bonds is 4. The minimum Gasteiger partial charge on any atom is -0.486 e. The molecule has 1 amide bonds. The summed E-state index contributed by atoms with van der Waals surface area (Å²) < 4.78 is 38.1. The molecule has 0 radical (unpaired) electrons. The van der Waals surface area contributed by atoms with Gasteiger partial charge in [0.2, 0.25) is 5.91 Å². The van der Waals surface area contributed by atoms with Crippen LogP contribution >= 0.6 is 0 Å². The normalized spacial score (nSPS) is 14.1. The van der Waals surface area contributed by atoms with Crippen molar-refractivity contribution in [3.8, 4) is 11.5 Å². The molecule has 1 unspecified atom stereocenters. The highest BCUT2D eigenvalue weighted by molar-refractivity contribution is 5.91. The summed E-state index contributed by atoms with van der Waals surface area (Å²) in [4.78, 5) is 12.1. The molecule has 1 aliphatic heterocycles. The lowest BCUT2D eigenvalue weighted by atomic mass is 9.97. The van der Waals surface area contributed by atoms with Gasteiger partial charge in [0.05, 0.1) is 0 Å². The third-order valence-corrected chi connectivity index (χ3v) is 3.85. The molecular formula is C18H17F2NO3.